The highest BCUT2D eigenvalue weighted by atomic mass is 35.5. The number of fused-ring (bicyclic) bond motifs is 3. The highest BCUT2D eigenvalue weighted by Gasteiger charge is 2.22. The first-order valence-corrected chi connectivity index (χ1v) is 10.4. The van der Waals surface area contributed by atoms with Crippen molar-refractivity contribution in [2.45, 2.75) is 25.7 Å². The van der Waals surface area contributed by atoms with Gasteiger partial charge in [0, 0.05) is 16.9 Å². The predicted octanol–water partition coefficient (Wildman–Crippen LogP) is 4.31. The molecule has 0 spiro atoms. The normalized spacial score (nSPS) is 13.2. The second-order valence-corrected chi connectivity index (χ2v) is 8.36. The second-order valence-electron chi connectivity index (χ2n) is 6.84. The standard InChI is InChI=1S/C20H21ClN4O2S/c1-25(10-17(26)24-14-9-12(21)7-8-15(14)27-2)19-18-13-5-3-4-6-16(13)28-20(18)23-11-22-19/h7-9,11H,3-6,10H2,1-2H3,(H,24,26). The molecule has 28 heavy (non-hydrogen) atoms. The maximum absolute atomic E-state index is 12.6. The number of benzene rings is 1. The van der Waals surface area contributed by atoms with Gasteiger partial charge in [-0.05, 0) is 49.4 Å². The fourth-order valence-electron chi connectivity index (χ4n) is 3.62. The van der Waals surface area contributed by atoms with Crippen molar-refractivity contribution in [1.82, 2.24) is 9.97 Å². The average molecular weight is 417 g/mol. The molecule has 1 amide bonds. The molecule has 6 nitrogen and oxygen atoms in total. The average Bonchev–Trinajstić information content (AvgIpc) is 3.06. The number of aromatic nitrogens is 2. The van der Waals surface area contributed by atoms with Gasteiger partial charge in [-0.1, -0.05) is 11.6 Å². The molecule has 1 aliphatic carbocycles. The van der Waals surface area contributed by atoms with Crippen LogP contribution in [0.15, 0.2) is 24.5 Å². The zero-order valence-corrected chi connectivity index (χ0v) is 17.4. The second kappa shape index (κ2) is 7.93. The lowest BCUT2D eigenvalue weighted by Gasteiger charge is -2.20. The van der Waals surface area contributed by atoms with Crippen LogP contribution in [0.1, 0.15) is 23.3 Å². The summed E-state index contributed by atoms with van der Waals surface area (Å²) in [5.41, 5.74) is 1.90. The Hall–Kier alpha value is -2.38. The minimum atomic E-state index is -0.168. The maximum Gasteiger partial charge on any atom is 0.244 e. The number of hydrogen-bond donors (Lipinski definition) is 1. The lowest BCUT2D eigenvalue weighted by Crippen LogP contribution is -2.31. The Morgan fingerprint density at radius 1 is 1.32 bits per heavy atom. The number of ether oxygens (including phenoxy) is 1. The molecule has 146 valence electrons. The van der Waals surface area contributed by atoms with Gasteiger partial charge in [0.05, 0.1) is 24.7 Å². The van der Waals surface area contributed by atoms with Crippen molar-refractivity contribution in [3.8, 4) is 5.75 Å². The van der Waals surface area contributed by atoms with E-state index in [4.69, 9.17) is 16.3 Å². The molecule has 2 aromatic heterocycles. The van der Waals surface area contributed by atoms with Gasteiger partial charge in [-0.2, -0.15) is 0 Å². The van der Waals surface area contributed by atoms with Crippen LogP contribution in [-0.4, -0.2) is 36.6 Å². The molecular weight excluding hydrogens is 396 g/mol. The fraction of sp³-hybridized carbons (Fsp3) is 0.350. The summed E-state index contributed by atoms with van der Waals surface area (Å²) < 4.78 is 5.29. The number of nitrogens with one attached hydrogen (secondary N) is 1. The van der Waals surface area contributed by atoms with E-state index in [1.165, 1.54) is 23.3 Å². The number of likely N-dealkylation sites (N-methyl/N-ethyl adjacent to an activating group) is 1. The molecule has 0 fully saturated rings. The number of hydrogen-bond acceptors (Lipinski definition) is 6. The first-order chi connectivity index (χ1) is 13.6. The molecular formula is C20H21ClN4O2S. The van der Waals surface area contributed by atoms with Crippen molar-refractivity contribution >= 4 is 50.6 Å². The van der Waals surface area contributed by atoms with Gasteiger partial charge in [0.15, 0.2) is 0 Å². The molecule has 0 saturated heterocycles. The Morgan fingerprint density at radius 3 is 2.96 bits per heavy atom. The SMILES string of the molecule is COc1ccc(Cl)cc1NC(=O)CN(C)c1ncnc2sc3c(c12)CCCC3. The van der Waals surface area contributed by atoms with Crippen molar-refractivity contribution in [3.05, 3.63) is 40.0 Å². The van der Waals surface area contributed by atoms with Crippen molar-refractivity contribution < 1.29 is 9.53 Å². The third-order valence-electron chi connectivity index (χ3n) is 4.91. The molecule has 0 bridgehead atoms. The summed E-state index contributed by atoms with van der Waals surface area (Å²) in [5.74, 6) is 1.20. The van der Waals surface area contributed by atoms with Gasteiger partial charge in [-0.3, -0.25) is 4.79 Å². The van der Waals surface area contributed by atoms with E-state index < -0.39 is 0 Å². The van der Waals surface area contributed by atoms with E-state index in [0.717, 1.165) is 28.9 Å². The number of aryl methyl sites for hydroxylation is 2. The topological polar surface area (TPSA) is 67.3 Å². The van der Waals surface area contributed by atoms with Gasteiger partial charge in [0.25, 0.3) is 0 Å². The number of carbonyl (C=O) groups excluding carboxylic acids is 1. The van der Waals surface area contributed by atoms with Crippen molar-refractivity contribution in [1.29, 1.82) is 0 Å². The summed E-state index contributed by atoms with van der Waals surface area (Å²) >= 11 is 7.80. The van der Waals surface area contributed by atoms with Crippen LogP contribution in [0, 0.1) is 0 Å². The van der Waals surface area contributed by atoms with Gasteiger partial charge in [0.2, 0.25) is 5.91 Å². The number of halogens is 1. The number of carbonyl (C=O) groups is 1. The summed E-state index contributed by atoms with van der Waals surface area (Å²) in [5, 5.41) is 4.51. The van der Waals surface area contributed by atoms with E-state index in [-0.39, 0.29) is 12.5 Å². The minimum absolute atomic E-state index is 0.159. The summed E-state index contributed by atoms with van der Waals surface area (Å²) in [6.45, 7) is 0.159. The molecule has 0 atom stereocenters. The van der Waals surface area contributed by atoms with Gasteiger partial charge in [0.1, 0.15) is 22.7 Å². The van der Waals surface area contributed by atoms with E-state index in [0.29, 0.717) is 16.5 Å². The van der Waals surface area contributed by atoms with Gasteiger partial charge >= 0.3 is 0 Å². The van der Waals surface area contributed by atoms with Gasteiger partial charge in [-0.25, -0.2) is 9.97 Å². The zero-order chi connectivity index (χ0) is 19.7. The van der Waals surface area contributed by atoms with Crippen LogP contribution >= 0.6 is 22.9 Å². The summed E-state index contributed by atoms with van der Waals surface area (Å²) in [6, 6.07) is 5.13. The first-order valence-electron chi connectivity index (χ1n) is 9.16. The van der Waals surface area contributed by atoms with E-state index in [2.05, 4.69) is 15.3 Å². The molecule has 1 aromatic carbocycles. The molecule has 1 aliphatic rings. The van der Waals surface area contributed by atoms with Gasteiger partial charge in [-0.15, -0.1) is 11.3 Å². The number of thiophene rings is 1. The number of rotatable bonds is 5. The molecule has 0 radical (unpaired) electrons. The highest BCUT2D eigenvalue weighted by molar-refractivity contribution is 7.19. The van der Waals surface area contributed by atoms with Crippen molar-refractivity contribution in [2.75, 3.05) is 30.9 Å². The Balaban J connectivity index is 1.57. The zero-order valence-electron chi connectivity index (χ0n) is 15.8. The van der Waals surface area contributed by atoms with Crippen LogP contribution in [0.5, 0.6) is 5.75 Å². The number of amides is 1. The first kappa shape index (κ1) is 19.0. The predicted molar refractivity (Wildman–Crippen MR) is 114 cm³/mol. The smallest absolute Gasteiger partial charge is 0.244 e. The molecule has 0 unspecified atom stereocenters. The summed E-state index contributed by atoms with van der Waals surface area (Å²) in [4.78, 5) is 25.9. The van der Waals surface area contributed by atoms with Crippen molar-refractivity contribution in [3.63, 3.8) is 0 Å². The molecule has 8 heteroatoms. The number of nitrogens with zero attached hydrogens (tertiary/aromatic N) is 3. The molecule has 1 N–H and O–H groups in total. The van der Waals surface area contributed by atoms with Crippen LogP contribution in [0.4, 0.5) is 11.5 Å². The lowest BCUT2D eigenvalue weighted by molar-refractivity contribution is -0.114. The summed E-state index contributed by atoms with van der Waals surface area (Å²) in [7, 11) is 3.44. The quantitative estimate of drug-likeness (QED) is 0.671. The summed E-state index contributed by atoms with van der Waals surface area (Å²) in [6.07, 6.45) is 6.15. The molecule has 3 aromatic rings. The molecule has 2 heterocycles. The minimum Gasteiger partial charge on any atom is -0.495 e. The third kappa shape index (κ3) is 3.64. The number of anilines is 2. The maximum atomic E-state index is 12.6. The Labute approximate surface area is 172 Å². The van der Waals surface area contributed by atoms with E-state index in [9.17, 15) is 4.79 Å². The monoisotopic (exact) mass is 416 g/mol. The van der Waals surface area contributed by atoms with E-state index in [1.54, 1.807) is 43.0 Å². The third-order valence-corrected chi connectivity index (χ3v) is 6.34. The Morgan fingerprint density at radius 2 is 2.14 bits per heavy atom. The Bertz CT molecular complexity index is 1040. The van der Waals surface area contributed by atoms with E-state index in [1.807, 2.05) is 11.9 Å². The van der Waals surface area contributed by atoms with Crippen molar-refractivity contribution in [2.24, 2.45) is 0 Å². The molecule has 0 saturated carbocycles. The Kier molecular flexibility index (Phi) is 5.37. The van der Waals surface area contributed by atoms with E-state index >= 15 is 0 Å². The number of methoxy groups -OCH3 is 1. The van der Waals surface area contributed by atoms with Crippen LogP contribution < -0.4 is 15.0 Å². The van der Waals surface area contributed by atoms with Crippen LogP contribution in [0.25, 0.3) is 10.2 Å². The van der Waals surface area contributed by atoms with Crippen LogP contribution in [-0.2, 0) is 17.6 Å². The fourth-order valence-corrected chi connectivity index (χ4v) is 5.02. The van der Waals surface area contributed by atoms with Crippen LogP contribution in [0.2, 0.25) is 5.02 Å². The van der Waals surface area contributed by atoms with Crippen LogP contribution in [0.3, 0.4) is 0 Å². The molecule has 0 aliphatic heterocycles. The van der Waals surface area contributed by atoms with Gasteiger partial charge < -0.3 is 15.0 Å². The lowest BCUT2D eigenvalue weighted by atomic mass is 9.97. The molecule has 4 rings (SSSR count). The largest absolute Gasteiger partial charge is 0.495 e. The highest BCUT2D eigenvalue weighted by Crippen LogP contribution is 2.39.